The second-order valence-electron chi connectivity index (χ2n) is 8.37. The van der Waals surface area contributed by atoms with E-state index >= 15 is 0 Å². The van der Waals surface area contributed by atoms with Crippen LogP contribution in [0.4, 0.5) is 5.69 Å². The molecule has 2 atom stereocenters. The number of anilines is 1. The van der Waals surface area contributed by atoms with Crippen molar-refractivity contribution in [1.82, 2.24) is 10.2 Å². The lowest BCUT2D eigenvalue weighted by Crippen LogP contribution is -2.36. The van der Waals surface area contributed by atoms with Gasteiger partial charge in [0.15, 0.2) is 0 Å². The Morgan fingerprint density at radius 3 is 2.56 bits per heavy atom. The van der Waals surface area contributed by atoms with E-state index in [0.717, 1.165) is 44.6 Å². The number of halogens is 2. The summed E-state index contributed by atoms with van der Waals surface area (Å²) in [4.78, 5) is 15.1. The summed E-state index contributed by atoms with van der Waals surface area (Å²) in [6.45, 7) is 6.69. The van der Waals surface area contributed by atoms with E-state index < -0.39 is 0 Å². The Kier molecular flexibility index (Phi) is 7.99. The van der Waals surface area contributed by atoms with Crippen molar-refractivity contribution in [2.45, 2.75) is 58.0 Å². The summed E-state index contributed by atoms with van der Waals surface area (Å²) in [5, 5.41) is 6.54. The lowest BCUT2D eigenvalue weighted by molar-refractivity contribution is -0.118. The van der Waals surface area contributed by atoms with Crippen molar-refractivity contribution in [2.24, 2.45) is 11.3 Å². The summed E-state index contributed by atoms with van der Waals surface area (Å²) >= 11 is 0. The number of hydrogen-bond acceptors (Lipinski definition) is 3. The van der Waals surface area contributed by atoms with Crippen LogP contribution >= 0.6 is 24.8 Å². The Balaban J connectivity index is 0.00000131. The largest absolute Gasteiger partial charge is 0.326 e. The fourth-order valence-electron chi connectivity index (χ4n) is 4.75. The standard InChI is InChI=1S/C21H31N3O.2ClH/c1-16-4-2-3-13-24(16)15-17-5-7-18(8-6-17)23-20(25)19-14-21(19)9-11-22-12-10-21;;/h5-8,16,19,22H,2-4,9-15H2,1H3,(H,23,25);2*1H. The van der Waals surface area contributed by atoms with Crippen LogP contribution in [0.25, 0.3) is 0 Å². The Bertz CT molecular complexity index is 616. The molecule has 2 saturated heterocycles. The summed E-state index contributed by atoms with van der Waals surface area (Å²) in [6.07, 6.45) is 7.37. The van der Waals surface area contributed by atoms with Crippen molar-refractivity contribution in [1.29, 1.82) is 0 Å². The van der Waals surface area contributed by atoms with Crippen molar-refractivity contribution in [2.75, 3.05) is 25.0 Å². The minimum absolute atomic E-state index is 0. The average Bonchev–Trinajstić information content (AvgIpc) is 3.32. The Hall–Kier alpha value is -0.810. The van der Waals surface area contributed by atoms with Gasteiger partial charge in [0.1, 0.15) is 0 Å². The van der Waals surface area contributed by atoms with E-state index in [1.54, 1.807) is 0 Å². The number of benzene rings is 1. The maximum atomic E-state index is 12.6. The molecule has 3 aliphatic rings. The third-order valence-electron chi connectivity index (χ3n) is 6.65. The average molecular weight is 414 g/mol. The second-order valence-corrected chi connectivity index (χ2v) is 8.37. The quantitative estimate of drug-likeness (QED) is 0.775. The van der Waals surface area contributed by atoms with Crippen molar-refractivity contribution in [3.05, 3.63) is 29.8 Å². The molecule has 1 amide bonds. The van der Waals surface area contributed by atoms with E-state index in [-0.39, 0.29) is 36.6 Å². The Morgan fingerprint density at radius 1 is 1.19 bits per heavy atom. The molecule has 2 N–H and O–H groups in total. The van der Waals surface area contributed by atoms with E-state index in [2.05, 4.69) is 46.7 Å². The molecule has 1 spiro atoms. The number of carbonyl (C=O) groups excluding carboxylic acids is 1. The first-order valence-corrected chi connectivity index (χ1v) is 10.0. The van der Waals surface area contributed by atoms with E-state index in [1.807, 2.05) is 0 Å². The lowest BCUT2D eigenvalue weighted by Gasteiger charge is -2.33. The zero-order valence-electron chi connectivity index (χ0n) is 16.2. The molecular weight excluding hydrogens is 381 g/mol. The normalized spacial score (nSPS) is 26.6. The molecule has 2 unspecified atom stereocenters. The van der Waals surface area contributed by atoms with Gasteiger partial charge in [-0.1, -0.05) is 18.6 Å². The van der Waals surface area contributed by atoms with E-state index in [4.69, 9.17) is 0 Å². The SMILES string of the molecule is CC1CCCCN1Cc1ccc(NC(=O)C2CC23CCNCC3)cc1.Cl.Cl. The van der Waals surface area contributed by atoms with Gasteiger partial charge in [-0.3, -0.25) is 9.69 Å². The highest BCUT2D eigenvalue weighted by Gasteiger charge is 2.57. The van der Waals surface area contributed by atoms with Gasteiger partial charge in [0.2, 0.25) is 5.91 Å². The molecule has 27 heavy (non-hydrogen) atoms. The molecule has 1 aromatic carbocycles. The number of piperidine rings is 2. The van der Waals surface area contributed by atoms with Crippen LogP contribution in [0.5, 0.6) is 0 Å². The summed E-state index contributed by atoms with van der Waals surface area (Å²) < 4.78 is 0. The van der Waals surface area contributed by atoms with Crippen molar-refractivity contribution in [3.8, 4) is 0 Å². The molecule has 2 aliphatic heterocycles. The molecule has 1 aliphatic carbocycles. The molecule has 1 aromatic rings. The molecule has 0 radical (unpaired) electrons. The minimum atomic E-state index is 0. The van der Waals surface area contributed by atoms with Gasteiger partial charge in [-0.25, -0.2) is 0 Å². The number of nitrogens with zero attached hydrogens (tertiary/aromatic N) is 1. The maximum Gasteiger partial charge on any atom is 0.228 e. The monoisotopic (exact) mass is 413 g/mol. The molecule has 152 valence electrons. The van der Waals surface area contributed by atoms with Crippen LogP contribution in [0, 0.1) is 11.3 Å². The molecule has 1 saturated carbocycles. The predicted octanol–water partition coefficient (Wildman–Crippen LogP) is 4.23. The summed E-state index contributed by atoms with van der Waals surface area (Å²) in [5.74, 6) is 0.447. The van der Waals surface area contributed by atoms with E-state index in [0.29, 0.717) is 11.5 Å². The van der Waals surface area contributed by atoms with Gasteiger partial charge in [-0.2, -0.15) is 0 Å². The van der Waals surface area contributed by atoms with Crippen LogP contribution in [0.2, 0.25) is 0 Å². The minimum Gasteiger partial charge on any atom is -0.326 e. The molecule has 2 heterocycles. The van der Waals surface area contributed by atoms with Gasteiger partial charge in [-0.15, -0.1) is 24.8 Å². The molecule has 4 rings (SSSR count). The summed E-state index contributed by atoms with van der Waals surface area (Å²) in [6, 6.07) is 9.16. The van der Waals surface area contributed by atoms with Crippen LogP contribution in [0.3, 0.4) is 0 Å². The maximum absolute atomic E-state index is 12.6. The van der Waals surface area contributed by atoms with Gasteiger partial charge >= 0.3 is 0 Å². The zero-order chi connectivity index (χ0) is 17.3. The van der Waals surface area contributed by atoms with Crippen LogP contribution < -0.4 is 10.6 Å². The highest BCUT2D eigenvalue weighted by Crippen LogP contribution is 2.58. The summed E-state index contributed by atoms with van der Waals surface area (Å²) in [5.41, 5.74) is 2.59. The first-order valence-electron chi connectivity index (χ1n) is 10.0. The fourth-order valence-corrected chi connectivity index (χ4v) is 4.75. The first kappa shape index (κ1) is 22.5. The third kappa shape index (κ3) is 5.17. The van der Waals surface area contributed by atoms with Gasteiger partial charge in [0.25, 0.3) is 0 Å². The van der Waals surface area contributed by atoms with Crippen LogP contribution in [0.1, 0.15) is 51.0 Å². The van der Waals surface area contributed by atoms with E-state index in [1.165, 1.54) is 31.4 Å². The van der Waals surface area contributed by atoms with E-state index in [9.17, 15) is 4.79 Å². The first-order chi connectivity index (χ1) is 12.2. The predicted molar refractivity (Wildman–Crippen MR) is 116 cm³/mol. The third-order valence-corrected chi connectivity index (χ3v) is 6.65. The smallest absolute Gasteiger partial charge is 0.228 e. The number of amides is 1. The molecular formula is C21H33Cl2N3O. The second kappa shape index (κ2) is 9.60. The number of hydrogen-bond donors (Lipinski definition) is 2. The Labute approximate surface area is 175 Å². The number of carbonyl (C=O) groups is 1. The molecule has 3 fully saturated rings. The van der Waals surface area contributed by atoms with Gasteiger partial charge in [0, 0.05) is 24.2 Å². The molecule has 6 heteroatoms. The Morgan fingerprint density at radius 2 is 1.89 bits per heavy atom. The highest BCUT2D eigenvalue weighted by atomic mass is 35.5. The van der Waals surface area contributed by atoms with Gasteiger partial charge in [-0.05, 0) is 81.8 Å². The number of rotatable bonds is 4. The summed E-state index contributed by atoms with van der Waals surface area (Å²) in [7, 11) is 0. The zero-order valence-corrected chi connectivity index (χ0v) is 17.8. The highest BCUT2D eigenvalue weighted by molar-refractivity contribution is 5.95. The van der Waals surface area contributed by atoms with Crippen LogP contribution in [0.15, 0.2) is 24.3 Å². The number of likely N-dealkylation sites (tertiary alicyclic amines) is 1. The molecule has 4 nitrogen and oxygen atoms in total. The lowest BCUT2D eigenvalue weighted by atomic mass is 9.92. The van der Waals surface area contributed by atoms with Crippen LogP contribution in [-0.4, -0.2) is 36.5 Å². The van der Waals surface area contributed by atoms with Crippen molar-refractivity contribution >= 4 is 36.4 Å². The van der Waals surface area contributed by atoms with Crippen molar-refractivity contribution < 1.29 is 4.79 Å². The van der Waals surface area contributed by atoms with Crippen molar-refractivity contribution in [3.63, 3.8) is 0 Å². The number of nitrogens with one attached hydrogen (secondary N) is 2. The fraction of sp³-hybridized carbons (Fsp3) is 0.667. The molecule has 0 aromatic heterocycles. The molecule has 0 bridgehead atoms. The topological polar surface area (TPSA) is 44.4 Å². The van der Waals surface area contributed by atoms with Gasteiger partial charge in [0.05, 0.1) is 0 Å². The van der Waals surface area contributed by atoms with Crippen LogP contribution in [-0.2, 0) is 11.3 Å². The van der Waals surface area contributed by atoms with Gasteiger partial charge < -0.3 is 10.6 Å².